The Morgan fingerprint density at radius 3 is 2.79 bits per heavy atom. The van der Waals surface area contributed by atoms with Gasteiger partial charge in [0.1, 0.15) is 17.8 Å². The van der Waals surface area contributed by atoms with E-state index in [9.17, 15) is 8.42 Å². The van der Waals surface area contributed by atoms with Crippen LogP contribution < -0.4 is 4.90 Å². The maximum absolute atomic E-state index is 12.4. The van der Waals surface area contributed by atoms with Gasteiger partial charge in [-0.15, -0.1) is 0 Å². The average Bonchev–Trinajstić information content (AvgIpc) is 3.00. The maximum Gasteiger partial charge on any atom is 0.152 e. The van der Waals surface area contributed by atoms with E-state index in [1.807, 2.05) is 42.6 Å². The second kappa shape index (κ2) is 5.90. The van der Waals surface area contributed by atoms with Crippen LogP contribution in [0.25, 0.3) is 11.0 Å². The molecule has 124 valence electrons. The molecule has 0 spiro atoms. The van der Waals surface area contributed by atoms with E-state index in [0.29, 0.717) is 13.0 Å². The van der Waals surface area contributed by atoms with Gasteiger partial charge >= 0.3 is 0 Å². The number of sulfone groups is 1. The van der Waals surface area contributed by atoms with Crippen LogP contribution in [0.5, 0.6) is 0 Å². The second-order valence-electron chi connectivity index (χ2n) is 6.03. The van der Waals surface area contributed by atoms with Gasteiger partial charge in [0.05, 0.1) is 22.9 Å². The van der Waals surface area contributed by atoms with Gasteiger partial charge in [0, 0.05) is 12.7 Å². The SMILES string of the molecule is O=S1(=O)CCCN(c2ncnc3[nH]ccc23)C(c2ccccc2)C1. The van der Waals surface area contributed by atoms with Crippen molar-refractivity contribution in [3.63, 3.8) is 0 Å². The number of rotatable bonds is 2. The molecule has 1 N–H and O–H groups in total. The van der Waals surface area contributed by atoms with Gasteiger partial charge in [0.25, 0.3) is 0 Å². The largest absolute Gasteiger partial charge is 0.348 e. The summed E-state index contributed by atoms with van der Waals surface area (Å²) in [4.78, 5) is 13.9. The summed E-state index contributed by atoms with van der Waals surface area (Å²) in [7, 11) is -3.09. The van der Waals surface area contributed by atoms with Crippen molar-refractivity contribution in [2.24, 2.45) is 0 Å². The molecule has 1 atom stereocenters. The van der Waals surface area contributed by atoms with Crippen molar-refractivity contribution >= 4 is 26.7 Å². The number of fused-ring (bicyclic) bond motifs is 1. The van der Waals surface area contributed by atoms with E-state index in [0.717, 1.165) is 22.4 Å². The lowest BCUT2D eigenvalue weighted by atomic mass is 10.1. The minimum absolute atomic E-state index is 0.104. The summed E-state index contributed by atoms with van der Waals surface area (Å²) < 4.78 is 24.8. The summed E-state index contributed by atoms with van der Waals surface area (Å²) in [5.74, 6) is 1.11. The van der Waals surface area contributed by atoms with Crippen molar-refractivity contribution in [3.8, 4) is 0 Å². The maximum atomic E-state index is 12.4. The zero-order valence-corrected chi connectivity index (χ0v) is 13.9. The average molecular weight is 342 g/mol. The zero-order valence-electron chi connectivity index (χ0n) is 13.1. The highest BCUT2D eigenvalue weighted by Gasteiger charge is 2.31. The van der Waals surface area contributed by atoms with Crippen LogP contribution in [-0.4, -0.2) is 41.4 Å². The molecule has 1 aliphatic heterocycles. The van der Waals surface area contributed by atoms with Gasteiger partial charge < -0.3 is 9.88 Å². The summed E-state index contributed by atoms with van der Waals surface area (Å²) in [6.07, 6.45) is 3.95. The van der Waals surface area contributed by atoms with Gasteiger partial charge in [-0.25, -0.2) is 18.4 Å². The van der Waals surface area contributed by atoms with Crippen LogP contribution in [0.3, 0.4) is 0 Å². The predicted molar refractivity (Wildman–Crippen MR) is 93.7 cm³/mol. The van der Waals surface area contributed by atoms with Crippen LogP contribution in [0, 0.1) is 0 Å². The molecule has 24 heavy (non-hydrogen) atoms. The summed E-state index contributed by atoms with van der Waals surface area (Å²) in [6, 6.07) is 11.5. The molecule has 6 nitrogen and oxygen atoms in total. The molecule has 1 saturated heterocycles. The molecule has 0 amide bonds. The first-order chi connectivity index (χ1) is 11.6. The Morgan fingerprint density at radius 1 is 1.12 bits per heavy atom. The zero-order chi connectivity index (χ0) is 16.6. The minimum atomic E-state index is -3.09. The van der Waals surface area contributed by atoms with Crippen LogP contribution in [0.2, 0.25) is 0 Å². The Bertz CT molecular complexity index is 953. The lowest BCUT2D eigenvalue weighted by Crippen LogP contribution is -2.32. The number of benzene rings is 1. The minimum Gasteiger partial charge on any atom is -0.348 e. The van der Waals surface area contributed by atoms with Crippen molar-refractivity contribution in [1.82, 2.24) is 15.0 Å². The highest BCUT2D eigenvalue weighted by Crippen LogP contribution is 2.33. The molecule has 3 heterocycles. The Kier molecular flexibility index (Phi) is 3.72. The molecule has 2 aromatic heterocycles. The van der Waals surface area contributed by atoms with E-state index >= 15 is 0 Å². The molecule has 0 bridgehead atoms. The molecule has 1 fully saturated rings. The molecule has 0 saturated carbocycles. The van der Waals surface area contributed by atoms with Crippen LogP contribution in [0.4, 0.5) is 5.82 Å². The van der Waals surface area contributed by atoms with Gasteiger partial charge in [-0.3, -0.25) is 0 Å². The normalized spacial score (nSPS) is 20.8. The molecule has 3 aromatic rings. The van der Waals surface area contributed by atoms with E-state index in [4.69, 9.17) is 0 Å². The quantitative estimate of drug-likeness (QED) is 0.773. The summed E-state index contributed by atoms with van der Waals surface area (Å²) in [5, 5.41) is 0.915. The number of hydrogen-bond acceptors (Lipinski definition) is 5. The Balaban J connectivity index is 1.86. The highest BCUT2D eigenvalue weighted by atomic mass is 32.2. The van der Waals surface area contributed by atoms with E-state index in [2.05, 4.69) is 19.9 Å². The third-order valence-electron chi connectivity index (χ3n) is 4.43. The standard InChI is InChI=1S/C17H18N4O2S/c22-24(23)10-4-9-21(15(11-24)13-5-2-1-3-6-13)17-14-7-8-18-16(14)19-12-20-17/h1-3,5-8,12,15H,4,9-11H2,(H,18,19,20). The van der Waals surface area contributed by atoms with Crippen LogP contribution in [-0.2, 0) is 9.84 Å². The fraction of sp³-hybridized carbons (Fsp3) is 0.294. The Labute approximate surface area is 140 Å². The molecule has 0 radical (unpaired) electrons. The summed E-state index contributed by atoms with van der Waals surface area (Å²) in [5.41, 5.74) is 1.75. The number of nitrogens with one attached hydrogen (secondary N) is 1. The first-order valence-corrected chi connectivity index (χ1v) is 9.76. The monoisotopic (exact) mass is 342 g/mol. The lowest BCUT2D eigenvalue weighted by Gasteiger charge is -2.31. The first-order valence-electron chi connectivity index (χ1n) is 7.94. The number of hydrogen-bond donors (Lipinski definition) is 1. The van der Waals surface area contributed by atoms with Crippen LogP contribution >= 0.6 is 0 Å². The molecule has 1 unspecified atom stereocenters. The van der Waals surface area contributed by atoms with Crippen molar-refractivity contribution in [3.05, 3.63) is 54.5 Å². The molecule has 0 aliphatic carbocycles. The fourth-order valence-electron chi connectivity index (χ4n) is 3.32. The van der Waals surface area contributed by atoms with Gasteiger partial charge in [-0.1, -0.05) is 30.3 Å². The number of aromatic amines is 1. The number of aromatic nitrogens is 3. The highest BCUT2D eigenvalue weighted by molar-refractivity contribution is 7.91. The number of nitrogens with zero attached hydrogens (tertiary/aromatic N) is 3. The summed E-state index contributed by atoms with van der Waals surface area (Å²) >= 11 is 0. The molecule has 1 aromatic carbocycles. The van der Waals surface area contributed by atoms with E-state index in [1.165, 1.54) is 6.33 Å². The smallest absolute Gasteiger partial charge is 0.152 e. The van der Waals surface area contributed by atoms with Crippen LogP contribution in [0.15, 0.2) is 48.9 Å². The molecule has 7 heteroatoms. The van der Waals surface area contributed by atoms with Gasteiger partial charge in [-0.2, -0.15) is 0 Å². The lowest BCUT2D eigenvalue weighted by molar-refractivity contribution is 0.590. The molecule has 1 aliphatic rings. The molecular formula is C17H18N4O2S. The van der Waals surface area contributed by atoms with Crippen molar-refractivity contribution in [2.45, 2.75) is 12.5 Å². The van der Waals surface area contributed by atoms with Crippen LogP contribution in [0.1, 0.15) is 18.0 Å². The Morgan fingerprint density at radius 2 is 1.96 bits per heavy atom. The van der Waals surface area contributed by atoms with E-state index < -0.39 is 9.84 Å². The molecular weight excluding hydrogens is 324 g/mol. The van der Waals surface area contributed by atoms with E-state index in [-0.39, 0.29) is 17.5 Å². The van der Waals surface area contributed by atoms with Crippen molar-refractivity contribution < 1.29 is 8.42 Å². The topological polar surface area (TPSA) is 79.0 Å². The van der Waals surface area contributed by atoms with Gasteiger partial charge in [-0.05, 0) is 18.1 Å². The first kappa shape index (κ1) is 15.1. The number of H-pyrrole nitrogens is 1. The van der Waals surface area contributed by atoms with E-state index in [1.54, 1.807) is 0 Å². The van der Waals surface area contributed by atoms with Gasteiger partial charge in [0.15, 0.2) is 9.84 Å². The van der Waals surface area contributed by atoms with Crippen molar-refractivity contribution in [1.29, 1.82) is 0 Å². The third-order valence-corrected chi connectivity index (χ3v) is 6.17. The van der Waals surface area contributed by atoms with Gasteiger partial charge in [0.2, 0.25) is 0 Å². The third kappa shape index (κ3) is 2.75. The van der Waals surface area contributed by atoms with Crippen molar-refractivity contribution in [2.75, 3.05) is 23.0 Å². The predicted octanol–water partition coefficient (Wildman–Crippen LogP) is 2.32. The second-order valence-corrected chi connectivity index (χ2v) is 8.25. The Hall–Kier alpha value is -2.41. The number of anilines is 1. The fourth-order valence-corrected chi connectivity index (χ4v) is 4.91. The summed E-state index contributed by atoms with van der Waals surface area (Å²) in [6.45, 7) is 0.649. The molecule has 4 rings (SSSR count).